The normalized spacial score (nSPS) is 10.4. The Morgan fingerprint density at radius 1 is 1.22 bits per heavy atom. The van der Waals surface area contributed by atoms with Gasteiger partial charge in [0.15, 0.2) is 5.65 Å². The maximum Gasteiger partial charge on any atom is 0.155 e. The Kier molecular flexibility index (Phi) is 2.62. The first-order valence-electron chi connectivity index (χ1n) is 5.42. The number of imidazole rings is 1. The van der Waals surface area contributed by atoms with E-state index >= 15 is 0 Å². The fourth-order valence-electron chi connectivity index (χ4n) is 1.89. The van der Waals surface area contributed by atoms with E-state index < -0.39 is 0 Å². The van der Waals surface area contributed by atoms with Crippen LogP contribution in [0, 0.1) is 11.3 Å². The van der Waals surface area contributed by atoms with Crippen molar-refractivity contribution < 1.29 is 0 Å². The Balaban J connectivity index is 2.23. The summed E-state index contributed by atoms with van der Waals surface area (Å²) >= 11 is 3.44. The van der Waals surface area contributed by atoms with E-state index in [0.29, 0.717) is 11.2 Å². The van der Waals surface area contributed by atoms with Crippen LogP contribution in [-0.2, 0) is 0 Å². The van der Waals surface area contributed by atoms with E-state index in [0.717, 1.165) is 15.7 Å². The Labute approximate surface area is 112 Å². The Morgan fingerprint density at radius 3 is 2.89 bits per heavy atom. The summed E-state index contributed by atoms with van der Waals surface area (Å²) in [7, 11) is 0. The zero-order chi connectivity index (χ0) is 12.5. The Morgan fingerprint density at radius 2 is 2.11 bits per heavy atom. The van der Waals surface area contributed by atoms with Gasteiger partial charge in [0.05, 0.1) is 11.3 Å². The molecule has 18 heavy (non-hydrogen) atoms. The van der Waals surface area contributed by atoms with Crippen LogP contribution in [0.15, 0.2) is 53.3 Å². The largest absolute Gasteiger partial charge is 0.305 e. The third-order valence-electron chi connectivity index (χ3n) is 2.72. The van der Waals surface area contributed by atoms with Crippen molar-refractivity contribution in [1.82, 2.24) is 9.38 Å². The predicted octanol–water partition coefficient (Wildman–Crippen LogP) is 3.64. The molecule has 4 heteroatoms. The summed E-state index contributed by atoms with van der Waals surface area (Å²) in [6, 6.07) is 13.7. The molecule has 0 fully saturated rings. The highest BCUT2D eigenvalue weighted by atomic mass is 79.9. The zero-order valence-corrected chi connectivity index (χ0v) is 10.9. The fourth-order valence-corrected chi connectivity index (χ4v) is 2.29. The van der Waals surface area contributed by atoms with Gasteiger partial charge in [0.25, 0.3) is 0 Å². The summed E-state index contributed by atoms with van der Waals surface area (Å²) in [5.74, 6) is 0. The number of nitriles is 1. The average Bonchev–Trinajstić information content (AvgIpc) is 2.82. The molecule has 0 bridgehead atoms. The van der Waals surface area contributed by atoms with Gasteiger partial charge in [-0.2, -0.15) is 5.26 Å². The van der Waals surface area contributed by atoms with E-state index in [1.807, 2.05) is 47.1 Å². The number of hydrogen-bond donors (Lipinski definition) is 0. The van der Waals surface area contributed by atoms with Gasteiger partial charge in [-0.15, -0.1) is 0 Å². The monoisotopic (exact) mass is 297 g/mol. The second-order valence-electron chi connectivity index (χ2n) is 3.90. The Bertz CT molecular complexity index is 768. The smallest absolute Gasteiger partial charge is 0.155 e. The van der Waals surface area contributed by atoms with Crippen LogP contribution in [0.25, 0.3) is 16.9 Å². The van der Waals surface area contributed by atoms with Gasteiger partial charge in [0, 0.05) is 22.4 Å². The summed E-state index contributed by atoms with van der Waals surface area (Å²) in [5, 5.41) is 9.05. The standard InChI is InChI=1S/C14H8BrN3/c15-12-5-1-3-10(7-12)13-9-18-6-2-4-11(8-16)14(18)17-13/h1-7,9H. The van der Waals surface area contributed by atoms with E-state index in [2.05, 4.69) is 27.0 Å². The lowest BCUT2D eigenvalue weighted by Crippen LogP contribution is -1.85. The number of halogens is 1. The van der Waals surface area contributed by atoms with Crippen LogP contribution in [0.3, 0.4) is 0 Å². The molecule has 3 nitrogen and oxygen atoms in total. The van der Waals surface area contributed by atoms with E-state index in [1.54, 1.807) is 6.07 Å². The molecule has 0 aliphatic rings. The van der Waals surface area contributed by atoms with Gasteiger partial charge < -0.3 is 4.40 Å². The molecule has 2 heterocycles. The van der Waals surface area contributed by atoms with Crippen LogP contribution in [0.1, 0.15) is 5.56 Å². The summed E-state index contributed by atoms with van der Waals surface area (Å²) in [5.41, 5.74) is 3.16. The second kappa shape index (κ2) is 4.28. The van der Waals surface area contributed by atoms with Crippen molar-refractivity contribution in [3.05, 3.63) is 58.8 Å². The lowest BCUT2D eigenvalue weighted by Gasteiger charge is -1.95. The number of pyridine rings is 1. The SMILES string of the molecule is N#Cc1cccn2cc(-c3cccc(Br)c3)nc12. The number of fused-ring (bicyclic) bond motifs is 1. The summed E-state index contributed by atoms with van der Waals surface area (Å²) < 4.78 is 2.88. The highest BCUT2D eigenvalue weighted by Crippen LogP contribution is 2.23. The number of aromatic nitrogens is 2. The third kappa shape index (κ3) is 1.79. The molecule has 0 unspecified atom stereocenters. The summed E-state index contributed by atoms with van der Waals surface area (Å²) in [6.07, 6.45) is 3.82. The number of nitrogens with zero attached hydrogens (tertiary/aromatic N) is 3. The first kappa shape index (κ1) is 11.0. The van der Waals surface area contributed by atoms with Crippen molar-refractivity contribution in [2.75, 3.05) is 0 Å². The second-order valence-corrected chi connectivity index (χ2v) is 4.82. The van der Waals surface area contributed by atoms with Crippen LogP contribution < -0.4 is 0 Å². The topological polar surface area (TPSA) is 41.1 Å². The van der Waals surface area contributed by atoms with Gasteiger partial charge in [-0.1, -0.05) is 28.1 Å². The van der Waals surface area contributed by atoms with Crippen LogP contribution in [0.4, 0.5) is 0 Å². The van der Waals surface area contributed by atoms with E-state index in [9.17, 15) is 0 Å². The summed E-state index contributed by atoms with van der Waals surface area (Å²) in [4.78, 5) is 4.51. The highest BCUT2D eigenvalue weighted by molar-refractivity contribution is 9.10. The number of rotatable bonds is 1. The molecule has 0 aliphatic carbocycles. The fraction of sp³-hybridized carbons (Fsp3) is 0. The van der Waals surface area contributed by atoms with Gasteiger partial charge in [-0.3, -0.25) is 0 Å². The van der Waals surface area contributed by atoms with Crippen molar-refractivity contribution in [2.45, 2.75) is 0 Å². The molecule has 0 atom stereocenters. The van der Waals surface area contributed by atoms with Crippen LogP contribution in [0.2, 0.25) is 0 Å². The molecule has 0 aliphatic heterocycles. The number of hydrogen-bond acceptors (Lipinski definition) is 2. The van der Waals surface area contributed by atoms with Gasteiger partial charge in [-0.25, -0.2) is 4.98 Å². The molecule has 3 aromatic rings. The minimum atomic E-state index is 0.582. The first-order chi connectivity index (χ1) is 8.78. The van der Waals surface area contributed by atoms with Crippen molar-refractivity contribution in [3.8, 4) is 17.3 Å². The maximum absolute atomic E-state index is 9.05. The molecule has 0 N–H and O–H groups in total. The number of benzene rings is 1. The molecular formula is C14H8BrN3. The zero-order valence-electron chi connectivity index (χ0n) is 9.34. The van der Waals surface area contributed by atoms with Crippen molar-refractivity contribution >= 4 is 21.6 Å². The van der Waals surface area contributed by atoms with Gasteiger partial charge >= 0.3 is 0 Å². The average molecular weight is 298 g/mol. The van der Waals surface area contributed by atoms with Crippen molar-refractivity contribution in [1.29, 1.82) is 5.26 Å². The van der Waals surface area contributed by atoms with Crippen molar-refractivity contribution in [2.24, 2.45) is 0 Å². The molecule has 0 radical (unpaired) electrons. The molecule has 0 saturated carbocycles. The first-order valence-corrected chi connectivity index (χ1v) is 6.21. The van der Waals surface area contributed by atoms with Gasteiger partial charge in [0.2, 0.25) is 0 Å². The van der Waals surface area contributed by atoms with Gasteiger partial charge in [-0.05, 0) is 24.3 Å². The molecule has 1 aromatic carbocycles. The molecule has 0 amide bonds. The van der Waals surface area contributed by atoms with Crippen LogP contribution >= 0.6 is 15.9 Å². The lowest BCUT2D eigenvalue weighted by molar-refractivity contribution is 1.18. The van der Waals surface area contributed by atoms with Crippen LogP contribution in [0.5, 0.6) is 0 Å². The van der Waals surface area contributed by atoms with Crippen LogP contribution in [-0.4, -0.2) is 9.38 Å². The molecule has 0 spiro atoms. The molecule has 2 aromatic heterocycles. The summed E-state index contributed by atoms with van der Waals surface area (Å²) in [6.45, 7) is 0. The van der Waals surface area contributed by atoms with Gasteiger partial charge in [0.1, 0.15) is 6.07 Å². The third-order valence-corrected chi connectivity index (χ3v) is 3.22. The van der Waals surface area contributed by atoms with Crippen molar-refractivity contribution in [3.63, 3.8) is 0 Å². The highest BCUT2D eigenvalue weighted by Gasteiger charge is 2.07. The van der Waals surface area contributed by atoms with E-state index in [-0.39, 0.29) is 0 Å². The molecule has 0 saturated heterocycles. The van der Waals surface area contributed by atoms with E-state index in [1.165, 1.54) is 0 Å². The minimum Gasteiger partial charge on any atom is -0.305 e. The quantitative estimate of drug-likeness (QED) is 0.688. The molecular weight excluding hydrogens is 290 g/mol. The molecule has 3 rings (SSSR count). The maximum atomic E-state index is 9.05. The molecule has 86 valence electrons. The lowest BCUT2D eigenvalue weighted by atomic mass is 10.2. The predicted molar refractivity (Wildman–Crippen MR) is 73.0 cm³/mol. The van der Waals surface area contributed by atoms with E-state index in [4.69, 9.17) is 5.26 Å². The minimum absolute atomic E-state index is 0.582. The Hall–Kier alpha value is -2.12.